The van der Waals surface area contributed by atoms with E-state index in [0.29, 0.717) is 6.04 Å². The largest absolute Gasteiger partial charge is 0.308 e. The smallest absolute Gasteiger partial charge is 0.111 e. The molecule has 0 saturated carbocycles. The third-order valence-corrected chi connectivity index (χ3v) is 3.96. The van der Waals surface area contributed by atoms with Crippen LogP contribution in [0.4, 0.5) is 0 Å². The van der Waals surface area contributed by atoms with Crippen molar-refractivity contribution >= 4 is 11.3 Å². The van der Waals surface area contributed by atoms with E-state index < -0.39 is 0 Å². The van der Waals surface area contributed by atoms with E-state index in [9.17, 15) is 0 Å². The van der Waals surface area contributed by atoms with Crippen LogP contribution in [0.1, 0.15) is 29.6 Å². The summed E-state index contributed by atoms with van der Waals surface area (Å²) in [4.78, 5) is 13.3. The fourth-order valence-corrected chi connectivity index (χ4v) is 3.02. The van der Waals surface area contributed by atoms with Crippen LogP contribution in [0.25, 0.3) is 11.4 Å². The first kappa shape index (κ1) is 10.8. The zero-order valence-corrected chi connectivity index (χ0v) is 10.5. The molecule has 2 aromatic heterocycles. The first-order valence-corrected chi connectivity index (χ1v) is 6.69. The molecule has 3 rings (SSSR count). The highest BCUT2D eigenvalue weighted by atomic mass is 32.1. The molecule has 0 radical (unpaired) electrons. The molecule has 1 aliphatic rings. The highest BCUT2D eigenvalue weighted by Crippen LogP contribution is 2.29. The number of hydrogen-bond donors (Lipinski definition) is 1. The summed E-state index contributed by atoms with van der Waals surface area (Å²) in [6.07, 6.45) is 5.86. The molecule has 1 fully saturated rings. The molecule has 1 saturated heterocycles. The second-order valence-corrected chi connectivity index (χ2v) is 5.10. The standard InChI is InChI=1S/C12H14N4S/c1-8-11(15-6-5-13-8)10-7-17-12(16-10)9-3-2-4-14-9/h5-7,9,14H,2-4H2,1H3. The van der Waals surface area contributed by atoms with Crippen LogP contribution in [0.5, 0.6) is 0 Å². The van der Waals surface area contributed by atoms with Crippen molar-refractivity contribution in [3.63, 3.8) is 0 Å². The zero-order valence-electron chi connectivity index (χ0n) is 9.68. The average Bonchev–Trinajstić information content (AvgIpc) is 3.00. The minimum atomic E-state index is 0.436. The highest BCUT2D eigenvalue weighted by Gasteiger charge is 2.20. The van der Waals surface area contributed by atoms with Gasteiger partial charge in [-0.1, -0.05) is 0 Å². The number of nitrogens with one attached hydrogen (secondary N) is 1. The van der Waals surface area contributed by atoms with Gasteiger partial charge in [-0.2, -0.15) is 0 Å². The quantitative estimate of drug-likeness (QED) is 0.883. The van der Waals surface area contributed by atoms with Gasteiger partial charge in [0.05, 0.1) is 11.7 Å². The number of aromatic nitrogens is 3. The van der Waals surface area contributed by atoms with Crippen molar-refractivity contribution in [3.8, 4) is 11.4 Å². The van der Waals surface area contributed by atoms with Gasteiger partial charge in [-0.3, -0.25) is 9.97 Å². The molecule has 17 heavy (non-hydrogen) atoms. The normalized spacial score (nSPS) is 19.7. The summed E-state index contributed by atoms with van der Waals surface area (Å²) in [6.45, 7) is 3.07. The summed E-state index contributed by atoms with van der Waals surface area (Å²) in [5, 5.41) is 6.71. The lowest BCUT2D eigenvalue weighted by molar-refractivity contribution is 0.643. The van der Waals surface area contributed by atoms with E-state index >= 15 is 0 Å². The lowest BCUT2D eigenvalue weighted by Crippen LogP contribution is -2.12. The molecular weight excluding hydrogens is 232 g/mol. The Labute approximate surface area is 104 Å². The van der Waals surface area contributed by atoms with Gasteiger partial charge in [0.2, 0.25) is 0 Å². The molecule has 3 heterocycles. The lowest BCUT2D eigenvalue weighted by Gasteiger charge is -2.04. The first-order valence-electron chi connectivity index (χ1n) is 5.81. The van der Waals surface area contributed by atoms with Gasteiger partial charge in [-0.15, -0.1) is 11.3 Å². The lowest BCUT2D eigenvalue weighted by atomic mass is 10.2. The maximum absolute atomic E-state index is 4.68. The van der Waals surface area contributed by atoms with E-state index in [0.717, 1.165) is 23.6 Å². The molecular formula is C12H14N4S. The van der Waals surface area contributed by atoms with Crippen molar-refractivity contribution in [1.82, 2.24) is 20.3 Å². The van der Waals surface area contributed by atoms with E-state index in [-0.39, 0.29) is 0 Å². The van der Waals surface area contributed by atoms with Crippen molar-refractivity contribution in [1.29, 1.82) is 0 Å². The Bertz CT molecular complexity index is 517. The maximum Gasteiger partial charge on any atom is 0.111 e. The topological polar surface area (TPSA) is 50.7 Å². The SMILES string of the molecule is Cc1nccnc1-c1csc(C2CCCN2)n1. The van der Waals surface area contributed by atoms with E-state index in [4.69, 9.17) is 0 Å². The van der Waals surface area contributed by atoms with Crippen molar-refractivity contribution in [2.24, 2.45) is 0 Å². The molecule has 0 spiro atoms. The van der Waals surface area contributed by atoms with Crippen LogP contribution in [0.2, 0.25) is 0 Å². The van der Waals surface area contributed by atoms with Crippen LogP contribution >= 0.6 is 11.3 Å². The van der Waals surface area contributed by atoms with Crippen molar-refractivity contribution in [3.05, 3.63) is 28.5 Å². The molecule has 0 amide bonds. The Morgan fingerprint density at radius 1 is 1.35 bits per heavy atom. The summed E-state index contributed by atoms with van der Waals surface area (Å²) in [5.41, 5.74) is 2.78. The van der Waals surface area contributed by atoms with Gasteiger partial charge in [0, 0.05) is 17.8 Å². The molecule has 88 valence electrons. The first-order chi connectivity index (χ1) is 8.34. The van der Waals surface area contributed by atoms with Gasteiger partial charge in [-0.05, 0) is 26.3 Å². The van der Waals surface area contributed by atoms with E-state index in [1.807, 2.05) is 6.92 Å². The van der Waals surface area contributed by atoms with Crippen molar-refractivity contribution in [2.75, 3.05) is 6.54 Å². The fraction of sp³-hybridized carbons (Fsp3) is 0.417. The number of nitrogens with zero attached hydrogens (tertiary/aromatic N) is 3. The maximum atomic E-state index is 4.68. The molecule has 0 bridgehead atoms. The highest BCUT2D eigenvalue weighted by molar-refractivity contribution is 7.10. The Balaban J connectivity index is 1.92. The molecule has 4 nitrogen and oxygen atoms in total. The summed E-state index contributed by atoms with van der Waals surface area (Å²) in [6, 6.07) is 0.436. The minimum Gasteiger partial charge on any atom is -0.308 e. The van der Waals surface area contributed by atoms with Crippen LogP contribution in [0, 0.1) is 6.92 Å². The predicted octanol–water partition coefficient (Wildman–Crippen LogP) is 2.33. The van der Waals surface area contributed by atoms with E-state index in [2.05, 4.69) is 25.6 Å². The molecule has 5 heteroatoms. The van der Waals surface area contributed by atoms with E-state index in [1.165, 1.54) is 17.8 Å². The number of aryl methyl sites for hydroxylation is 1. The molecule has 1 atom stereocenters. The molecule has 2 aromatic rings. The molecule has 0 aliphatic carbocycles. The average molecular weight is 246 g/mol. The Hall–Kier alpha value is -1.33. The molecule has 1 aliphatic heterocycles. The van der Waals surface area contributed by atoms with Crippen LogP contribution in [-0.2, 0) is 0 Å². The number of hydrogen-bond acceptors (Lipinski definition) is 5. The molecule has 1 unspecified atom stereocenters. The third-order valence-electron chi connectivity index (χ3n) is 3.00. The zero-order chi connectivity index (χ0) is 11.7. The minimum absolute atomic E-state index is 0.436. The molecule has 0 aromatic carbocycles. The summed E-state index contributed by atoms with van der Waals surface area (Å²) >= 11 is 1.71. The summed E-state index contributed by atoms with van der Waals surface area (Å²) in [7, 11) is 0. The van der Waals surface area contributed by atoms with Crippen molar-refractivity contribution in [2.45, 2.75) is 25.8 Å². The Morgan fingerprint density at radius 3 is 3.00 bits per heavy atom. The van der Waals surface area contributed by atoms with Crippen molar-refractivity contribution < 1.29 is 0 Å². The molecule has 1 N–H and O–H groups in total. The summed E-state index contributed by atoms with van der Waals surface area (Å²) < 4.78 is 0. The van der Waals surface area contributed by atoms with Crippen LogP contribution in [0.15, 0.2) is 17.8 Å². The van der Waals surface area contributed by atoms with Gasteiger partial charge in [0.1, 0.15) is 16.4 Å². The fourth-order valence-electron chi connectivity index (χ4n) is 2.11. The third kappa shape index (κ3) is 2.08. The van der Waals surface area contributed by atoms with Gasteiger partial charge < -0.3 is 5.32 Å². The van der Waals surface area contributed by atoms with Crippen LogP contribution < -0.4 is 5.32 Å². The van der Waals surface area contributed by atoms with Gasteiger partial charge in [0.15, 0.2) is 0 Å². The monoisotopic (exact) mass is 246 g/mol. The van der Waals surface area contributed by atoms with Crippen LogP contribution in [0.3, 0.4) is 0 Å². The van der Waals surface area contributed by atoms with Gasteiger partial charge in [0.25, 0.3) is 0 Å². The predicted molar refractivity (Wildman–Crippen MR) is 67.9 cm³/mol. The number of thiazole rings is 1. The Morgan fingerprint density at radius 2 is 2.24 bits per heavy atom. The summed E-state index contributed by atoms with van der Waals surface area (Å²) in [5.74, 6) is 0. The van der Waals surface area contributed by atoms with E-state index in [1.54, 1.807) is 23.7 Å². The Kier molecular flexibility index (Phi) is 2.86. The second-order valence-electron chi connectivity index (χ2n) is 4.21. The second kappa shape index (κ2) is 4.50. The number of rotatable bonds is 2. The van der Waals surface area contributed by atoms with Crippen LogP contribution in [-0.4, -0.2) is 21.5 Å². The van der Waals surface area contributed by atoms with Gasteiger partial charge in [-0.25, -0.2) is 4.98 Å². The van der Waals surface area contributed by atoms with Gasteiger partial charge >= 0.3 is 0 Å².